The molecule has 1 aliphatic rings. The molecule has 1 amide bonds. The van der Waals surface area contributed by atoms with Crippen LogP contribution in [0.2, 0.25) is 0 Å². The third-order valence-corrected chi connectivity index (χ3v) is 4.43. The molecule has 1 aromatic heterocycles. The summed E-state index contributed by atoms with van der Waals surface area (Å²) in [5.74, 6) is 1.12. The van der Waals surface area contributed by atoms with Crippen LogP contribution in [0.3, 0.4) is 0 Å². The fraction of sp³-hybridized carbons (Fsp3) is 0.368. The maximum absolute atomic E-state index is 12.6. The molecule has 0 radical (unpaired) electrons. The van der Waals surface area contributed by atoms with Crippen LogP contribution in [0.4, 0.5) is 0 Å². The molecular weight excluding hydrogens is 320 g/mol. The number of carbonyl (C=O) groups excluding carboxylic acids is 2. The summed E-state index contributed by atoms with van der Waals surface area (Å²) in [5, 5.41) is 2.96. The van der Waals surface area contributed by atoms with Gasteiger partial charge in [-0.3, -0.25) is 9.59 Å². The van der Waals surface area contributed by atoms with Gasteiger partial charge in [0, 0.05) is 11.3 Å². The van der Waals surface area contributed by atoms with E-state index in [0.29, 0.717) is 41.5 Å². The van der Waals surface area contributed by atoms with Crippen molar-refractivity contribution in [3.8, 4) is 11.5 Å². The minimum Gasteiger partial charge on any atom is -0.486 e. The van der Waals surface area contributed by atoms with Gasteiger partial charge in [-0.2, -0.15) is 0 Å². The molecule has 25 heavy (non-hydrogen) atoms. The first kappa shape index (κ1) is 17.1. The number of hydrogen-bond acceptors (Lipinski definition) is 4. The summed E-state index contributed by atoms with van der Waals surface area (Å²) in [7, 11) is 0. The standard InChI is InChI=1S/C19H22N2O4/c1-10-17(13(4)22)12(3)20-18(10)19(23)21-11(2)14-5-6-15-16(9-14)25-8-7-24-15/h5-6,9,11,20H,7-8H2,1-4H3,(H,21,23)/t11-/m1/s1. The number of ketones is 1. The van der Waals surface area contributed by atoms with Crippen LogP contribution >= 0.6 is 0 Å². The van der Waals surface area contributed by atoms with Crippen molar-refractivity contribution in [1.82, 2.24) is 10.3 Å². The molecule has 1 aliphatic heterocycles. The number of amides is 1. The third-order valence-electron chi connectivity index (χ3n) is 4.43. The zero-order valence-corrected chi connectivity index (χ0v) is 14.9. The highest BCUT2D eigenvalue weighted by atomic mass is 16.6. The van der Waals surface area contributed by atoms with Gasteiger partial charge in [-0.05, 0) is 51.0 Å². The predicted octanol–water partition coefficient (Wildman–Crippen LogP) is 3.10. The van der Waals surface area contributed by atoms with Crippen LogP contribution < -0.4 is 14.8 Å². The average molecular weight is 342 g/mol. The van der Waals surface area contributed by atoms with Crippen LogP contribution in [0.15, 0.2) is 18.2 Å². The second kappa shape index (κ2) is 6.63. The highest BCUT2D eigenvalue weighted by Gasteiger charge is 2.22. The van der Waals surface area contributed by atoms with E-state index in [9.17, 15) is 9.59 Å². The van der Waals surface area contributed by atoms with Crippen molar-refractivity contribution in [2.24, 2.45) is 0 Å². The van der Waals surface area contributed by atoms with E-state index in [0.717, 1.165) is 11.3 Å². The Morgan fingerprint density at radius 3 is 2.48 bits per heavy atom. The maximum atomic E-state index is 12.6. The molecule has 0 bridgehead atoms. The first-order valence-corrected chi connectivity index (χ1v) is 8.29. The van der Waals surface area contributed by atoms with Gasteiger partial charge in [-0.15, -0.1) is 0 Å². The smallest absolute Gasteiger partial charge is 0.268 e. The molecule has 0 saturated heterocycles. The largest absolute Gasteiger partial charge is 0.486 e. The summed E-state index contributed by atoms with van der Waals surface area (Å²) in [6.45, 7) is 8.05. The van der Waals surface area contributed by atoms with Crippen molar-refractivity contribution in [2.75, 3.05) is 13.2 Å². The lowest BCUT2D eigenvalue weighted by atomic mass is 10.1. The van der Waals surface area contributed by atoms with Gasteiger partial charge >= 0.3 is 0 Å². The number of fused-ring (bicyclic) bond motifs is 1. The number of rotatable bonds is 4. The lowest BCUT2D eigenvalue weighted by Crippen LogP contribution is -2.27. The molecule has 3 rings (SSSR count). The SMILES string of the molecule is CC(=O)c1c(C)[nH]c(C(=O)N[C@H](C)c2ccc3c(c2)OCCO3)c1C. The summed E-state index contributed by atoms with van der Waals surface area (Å²) >= 11 is 0. The van der Waals surface area contributed by atoms with Crippen molar-refractivity contribution in [2.45, 2.75) is 33.7 Å². The molecule has 1 atom stereocenters. The van der Waals surface area contributed by atoms with Crippen LogP contribution in [-0.2, 0) is 0 Å². The summed E-state index contributed by atoms with van der Waals surface area (Å²) in [6.07, 6.45) is 0. The second-order valence-electron chi connectivity index (χ2n) is 6.28. The van der Waals surface area contributed by atoms with Gasteiger partial charge in [0.05, 0.1) is 6.04 Å². The summed E-state index contributed by atoms with van der Waals surface area (Å²) in [6, 6.07) is 5.43. The first-order valence-electron chi connectivity index (χ1n) is 8.29. The zero-order chi connectivity index (χ0) is 18.1. The Balaban J connectivity index is 1.79. The Kier molecular flexibility index (Phi) is 4.53. The fourth-order valence-electron chi connectivity index (χ4n) is 3.19. The Hall–Kier alpha value is -2.76. The molecule has 0 unspecified atom stereocenters. The van der Waals surface area contributed by atoms with E-state index in [1.165, 1.54) is 6.92 Å². The van der Waals surface area contributed by atoms with Gasteiger partial charge in [0.2, 0.25) is 0 Å². The molecule has 6 heteroatoms. The van der Waals surface area contributed by atoms with Crippen molar-refractivity contribution >= 4 is 11.7 Å². The zero-order valence-electron chi connectivity index (χ0n) is 14.9. The molecule has 2 aromatic rings. The normalized spacial score (nSPS) is 14.1. The quantitative estimate of drug-likeness (QED) is 0.837. The number of carbonyl (C=O) groups is 2. The molecule has 1 aromatic carbocycles. The van der Waals surface area contributed by atoms with E-state index in [1.54, 1.807) is 13.8 Å². The number of aromatic nitrogens is 1. The number of benzene rings is 1. The van der Waals surface area contributed by atoms with Crippen LogP contribution in [0.25, 0.3) is 0 Å². The van der Waals surface area contributed by atoms with E-state index in [4.69, 9.17) is 9.47 Å². The van der Waals surface area contributed by atoms with Crippen molar-refractivity contribution in [3.05, 3.63) is 46.3 Å². The van der Waals surface area contributed by atoms with Gasteiger partial charge in [0.15, 0.2) is 17.3 Å². The van der Waals surface area contributed by atoms with Gasteiger partial charge in [0.1, 0.15) is 18.9 Å². The Labute approximate surface area is 146 Å². The topological polar surface area (TPSA) is 80.4 Å². The molecule has 0 aliphatic carbocycles. The molecule has 0 fully saturated rings. The van der Waals surface area contributed by atoms with Gasteiger partial charge in [-0.1, -0.05) is 6.07 Å². The van der Waals surface area contributed by atoms with Crippen molar-refractivity contribution in [1.29, 1.82) is 0 Å². The lowest BCUT2D eigenvalue weighted by Gasteiger charge is -2.21. The van der Waals surface area contributed by atoms with Gasteiger partial charge in [-0.25, -0.2) is 0 Å². The van der Waals surface area contributed by atoms with E-state index in [-0.39, 0.29) is 17.7 Å². The van der Waals surface area contributed by atoms with E-state index in [1.807, 2.05) is 25.1 Å². The molecule has 132 valence electrons. The molecule has 2 N–H and O–H groups in total. The number of aromatic amines is 1. The Morgan fingerprint density at radius 2 is 1.84 bits per heavy atom. The van der Waals surface area contributed by atoms with Crippen LogP contribution in [0.5, 0.6) is 11.5 Å². The van der Waals surface area contributed by atoms with E-state index >= 15 is 0 Å². The average Bonchev–Trinajstić information content (AvgIpc) is 2.89. The second-order valence-corrected chi connectivity index (χ2v) is 6.28. The molecule has 0 spiro atoms. The third kappa shape index (κ3) is 3.24. The van der Waals surface area contributed by atoms with Crippen molar-refractivity contribution < 1.29 is 19.1 Å². The lowest BCUT2D eigenvalue weighted by molar-refractivity contribution is 0.0934. The number of hydrogen-bond donors (Lipinski definition) is 2. The minimum absolute atomic E-state index is 0.0508. The molecule has 6 nitrogen and oxygen atoms in total. The Morgan fingerprint density at radius 1 is 1.16 bits per heavy atom. The monoisotopic (exact) mass is 342 g/mol. The fourth-order valence-corrected chi connectivity index (χ4v) is 3.19. The van der Waals surface area contributed by atoms with E-state index in [2.05, 4.69) is 10.3 Å². The molecule has 2 heterocycles. The number of Topliss-reactive ketones (excluding diaryl/α,β-unsaturated/α-hetero) is 1. The first-order chi connectivity index (χ1) is 11.9. The van der Waals surface area contributed by atoms with E-state index < -0.39 is 0 Å². The molecular formula is C19H22N2O4. The van der Waals surface area contributed by atoms with Gasteiger partial charge in [0.25, 0.3) is 5.91 Å². The number of ether oxygens (including phenoxy) is 2. The van der Waals surface area contributed by atoms with Crippen molar-refractivity contribution in [3.63, 3.8) is 0 Å². The van der Waals surface area contributed by atoms with Crippen LogP contribution in [0.1, 0.15) is 57.6 Å². The highest BCUT2D eigenvalue weighted by molar-refractivity contribution is 6.02. The highest BCUT2D eigenvalue weighted by Crippen LogP contribution is 2.32. The van der Waals surface area contributed by atoms with Crippen LogP contribution in [-0.4, -0.2) is 29.9 Å². The summed E-state index contributed by atoms with van der Waals surface area (Å²) in [4.78, 5) is 27.4. The molecule has 0 saturated carbocycles. The number of aryl methyl sites for hydroxylation is 1. The predicted molar refractivity (Wildman–Crippen MR) is 93.6 cm³/mol. The number of H-pyrrole nitrogens is 1. The van der Waals surface area contributed by atoms with Crippen LogP contribution in [0, 0.1) is 13.8 Å². The number of nitrogens with one attached hydrogen (secondary N) is 2. The Bertz CT molecular complexity index is 838. The van der Waals surface area contributed by atoms with Gasteiger partial charge < -0.3 is 19.8 Å². The minimum atomic E-state index is -0.240. The summed E-state index contributed by atoms with van der Waals surface area (Å²) < 4.78 is 11.1. The maximum Gasteiger partial charge on any atom is 0.268 e. The summed E-state index contributed by atoms with van der Waals surface area (Å²) in [5.41, 5.74) is 3.31.